The Morgan fingerprint density at radius 1 is 1.00 bits per heavy atom. The summed E-state index contributed by atoms with van der Waals surface area (Å²) in [6, 6.07) is 0. The van der Waals surface area contributed by atoms with Crippen LogP contribution in [0.15, 0.2) is 0 Å². The molecule has 0 saturated carbocycles. The number of rotatable bonds is 11. The van der Waals surface area contributed by atoms with Gasteiger partial charge >= 0.3 is 0 Å². The first-order valence-corrected chi connectivity index (χ1v) is 6.63. The lowest BCUT2D eigenvalue weighted by atomic mass is 10.1. The molecule has 3 nitrogen and oxygen atoms in total. The minimum Gasteiger partial charge on any atom is -0.390 e. The smallest absolute Gasteiger partial charge is 0.0832 e. The Kier molecular flexibility index (Phi) is 11.3. The van der Waals surface area contributed by atoms with Gasteiger partial charge in [-0.25, -0.2) is 0 Å². The summed E-state index contributed by atoms with van der Waals surface area (Å²) in [6.45, 7) is 8.30. The SMILES string of the molecule is CCCCOCCOC(CC)C(O)CCC. The van der Waals surface area contributed by atoms with Crippen molar-refractivity contribution in [1.82, 2.24) is 0 Å². The van der Waals surface area contributed by atoms with Crippen LogP contribution in [0.1, 0.15) is 52.9 Å². The van der Waals surface area contributed by atoms with Crippen LogP contribution in [0.3, 0.4) is 0 Å². The Hall–Kier alpha value is -0.120. The Bertz CT molecular complexity index is 139. The summed E-state index contributed by atoms with van der Waals surface area (Å²) in [4.78, 5) is 0. The molecule has 0 radical (unpaired) electrons. The highest BCUT2D eigenvalue weighted by Gasteiger charge is 2.16. The van der Waals surface area contributed by atoms with Gasteiger partial charge in [0.15, 0.2) is 0 Å². The number of aliphatic hydroxyl groups excluding tert-OH is 1. The topological polar surface area (TPSA) is 38.7 Å². The van der Waals surface area contributed by atoms with Gasteiger partial charge in [-0.15, -0.1) is 0 Å². The molecule has 0 aliphatic rings. The molecule has 2 unspecified atom stereocenters. The van der Waals surface area contributed by atoms with Crippen LogP contribution in [0.2, 0.25) is 0 Å². The highest BCUT2D eigenvalue weighted by Crippen LogP contribution is 2.09. The Balaban J connectivity index is 3.47. The molecule has 1 N–H and O–H groups in total. The van der Waals surface area contributed by atoms with Gasteiger partial charge in [0.1, 0.15) is 0 Å². The molecule has 0 aromatic heterocycles. The van der Waals surface area contributed by atoms with E-state index in [1.165, 1.54) is 0 Å². The second kappa shape index (κ2) is 11.4. The zero-order valence-electron chi connectivity index (χ0n) is 11.1. The summed E-state index contributed by atoms with van der Waals surface area (Å²) in [5.41, 5.74) is 0. The molecule has 2 atom stereocenters. The van der Waals surface area contributed by atoms with Crippen LogP contribution >= 0.6 is 0 Å². The van der Waals surface area contributed by atoms with E-state index in [0.29, 0.717) is 13.2 Å². The minimum atomic E-state index is -0.328. The van der Waals surface area contributed by atoms with Gasteiger partial charge < -0.3 is 14.6 Å². The Labute approximate surface area is 100 Å². The fourth-order valence-electron chi connectivity index (χ4n) is 1.59. The first-order valence-electron chi connectivity index (χ1n) is 6.63. The molecule has 0 rings (SSSR count). The third kappa shape index (κ3) is 8.08. The van der Waals surface area contributed by atoms with Crippen molar-refractivity contribution < 1.29 is 14.6 Å². The van der Waals surface area contributed by atoms with Crippen LogP contribution in [0, 0.1) is 0 Å². The highest BCUT2D eigenvalue weighted by molar-refractivity contribution is 4.66. The van der Waals surface area contributed by atoms with E-state index in [0.717, 1.165) is 38.7 Å². The molecule has 0 saturated heterocycles. The van der Waals surface area contributed by atoms with Gasteiger partial charge in [0.25, 0.3) is 0 Å². The summed E-state index contributed by atoms with van der Waals surface area (Å²) in [7, 11) is 0. The van der Waals surface area contributed by atoms with Crippen LogP contribution in [0.5, 0.6) is 0 Å². The molecule has 0 aliphatic heterocycles. The second-order valence-corrected chi connectivity index (χ2v) is 4.14. The summed E-state index contributed by atoms with van der Waals surface area (Å²) >= 11 is 0. The van der Waals surface area contributed by atoms with E-state index in [1.807, 2.05) is 6.92 Å². The van der Waals surface area contributed by atoms with Gasteiger partial charge in [0.2, 0.25) is 0 Å². The molecular formula is C13H28O3. The molecule has 0 aliphatic carbocycles. The predicted molar refractivity (Wildman–Crippen MR) is 66.7 cm³/mol. The van der Waals surface area contributed by atoms with E-state index < -0.39 is 0 Å². The highest BCUT2D eigenvalue weighted by atomic mass is 16.5. The summed E-state index contributed by atoms with van der Waals surface area (Å²) < 4.78 is 11.0. The first-order chi connectivity index (χ1) is 7.76. The quantitative estimate of drug-likeness (QED) is 0.557. The van der Waals surface area contributed by atoms with Gasteiger partial charge in [-0.05, 0) is 19.3 Å². The van der Waals surface area contributed by atoms with Crippen LogP contribution in [-0.2, 0) is 9.47 Å². The van der Waals surface area contributed by atoms with E-state index in [1.54, 1.807) is 0 Å². The van der Waals surface area contributed by atoms with Crippen molar-refractivity contribution in [3.05, 3.63) is 0 Å². The monoisotopic (exact) mass is 232 g/mol. The maximum absolute atomic E-state index is 9.78. The number of ether oxygens (including phenoxy) is 2. The molecule has 98 valence electrons. The molecule has 3 heteroatoms. The summed E-state index contributed by atoms with van der Waals surface area (Å²) in [6.07, 6.45) is 4.57. The molecule has 16 heavy (non-hydrogen) atoms. The third-order valence-corrected chi connectivity index (χ3v) is 2.62. The van der Waals surface area contributed by atoms with Crippen molar-refractivity contribution in [2.75, 3.05) is 19.8 Å². The van der Waals surface area contributed by atoms with E-state index in [2.05, 4.69) is 13.8 Å². The third-order valence-electron chi connectivity index (χ3n) is 2.62. The zero-order chi connectivity index (χ0) is 12.2. The molecule has 0 spiro atoms. The standard InChI is InChI=1S/C13H28O3/c1-4-7-9-15-10-11-16-13(6-3)12(14)8-5-2/h12-14H,4-11H2,1-3H3. The van der Waals surface area contributed by atoms with E-state index >= 15 is 0 Å². The van der Waals surface area contributed by atoms with Crippen molar-refractivity contribution in [3.8, 4) is 0 Å². The lowest BCUT2D eigenvalue weighted by molar-refractivity contribution is -0.0599. The molecule has 0 bridgehead atoms. The second-order valence-electron chi connectivity index (χ2n) is 4.14. The van der Waals surface area contributed by atoms with Gasteiger partial charge in [0, 0.05) is 6.61 Å². The lowest BCUT2D eigenvalue weighted by Crippen LogP contribution is -2.29. The van der Waals surface area contributed by atoms with Crippen LogP contribution < -0.4 is 0 Å². The van der Waals surface area contributed by atoms with Crippen molar-refractivity contribution in [3.63, 3.8) is 0 Å². The average Bonchev–Trinajstić information content (AvgIpc) is 2.28. The normalized spacial score (nSPS) is 15.0. The maximum atomic E-state index is 9.78. The molecule has 0 aromatic carbocycles. The van der Waals surface area contributed by atoms with Crippen molar-refractivity contribution in [2.24, 2.45) is 0 Å². The minimum absolute atomic E-state index is 0.0327. The molecule has 0 aromatic rings. The maximum Gasteiger partial charge on any atom is 0.0832 e. The summed E-state index contributed by atoms with van der Waals surface area (Å²) in [5.74, 6) is 0. The molecular weight excluding hydrogens is 204 g/mol. The number of hydrogen-bond donors (Lipinski definition) is 1. The van der Waals surface area contributed by atoms with Crippen LogP contribution in [-0.4, -0.2) is 37.1 Å². The zero-order valence-corrected chi connectivity index (χ0v) is 11.1. The molecule has 0 heterocycles. The number of hydrogen-bond acceptors (Lipinski definition) is 3. The fourth-order valence-corrected chi connectivity index (χ4v) is 1.59. The predicted octanol–water partition coefficient (Wildman–Crippen LogP) is 2.76. The van der Waals surface area contributed by atoms with Crippen molar-refractivity contribution >= 4 is 0 Å². The van der Waals surface area contributed by atoms with Crippen molar-refractivity contribution in [1.29, 1.82) is 0 Å². The van der Waals surface area contributed by atoms with Crippen LogP contribution in [0.4, 0.5) is 0 Å². The van der Waals surface area contributed by atoms with E-state index in [4.69, 9.17) is 9.47 Å². The number of aliphatic hydroxyl groups is 1. The fraction of sp³-hybridized carbons (Fsp3) is 1.00. The number of unbranched alkanes of at least 4 members (excludes halogenated alkanes) is 1. The van der Waals surface area contributed by atoms with E-state index in [9.17, 15) is 5.11 Å². The summed E-state index contributed by atoms with van der Waals surface area (Å²) in [5, 5.41) is 9.78. The Morgan fingerprint density at radius 2 is 1.75 bits per heavy atom. The van der Waals surface area contributed by atoms with Gasteiger partial charge in [-0.2, -0.15) is 0 Å². The van der Waals surface area contributed by atoms with Crippen molar-refractivity contribution in [2.45, 2.75) is 65.1 Å². The molecule has 0 fully saturated rings. The first kappa shape index (κ1) is 15.9. The van der Waals surface area contributed by atoms with E-state index in [-0.39, 0.29) is 12.2 Å². The van der Waals surface area contributed by atoms with Gasteiger partial charge in [-0.1, -0.05) is 33.6 Å². The van der Waals surface area contributed by atoms with Crippen LogP contribution in [0.25, 0.3) is 0 Å². The van der Waals surface area contributed by atoms with Gasteiger partial charge in [0.05, 0.1) is 25.4 Å². The van der Waals surface area contributed by atoms with Gasteiger partial charge in [-0.3, -0.25) is 0 Å². The largest absolute Gasteiger partial charge is 0.390 e. The lowest BCUT2D eigenvalue weighted by Gasteiger charge is -2.21. The average molecular weight is 232 g/mol. The Morgan fingerprint density at radius 3 is 2.31 bits per heavy atom. The molecule has 0 amide bonds.